The summed E-state index contributed by atoms with van der Waals surface area (Å²) < 4.78 is 8.05. The van der Waals surface area contributed by atoms with Gasteiger partial charge in [-0.05, 0) is 68.8 Å². The largest absolute Gasteiger partial charge is 0.135 e. The summed E-state index contributed by atoms with van der Waals surface area (Å²) >= 11 is 5.67. The Morgan fingerprint density at radius 3 is 1.08 bits per heavy atom. The van der Waals surface area contributed by atoms with Gasteiger partial charge in [0.05, 0.1) is 0 Å². The average Bonchev–Trinajstić information content (AvgIpc) is 3.88. The summed E-state index contributed by atoms with van der Waals surface area (Å²) in [5, 5.41) is 8.01. The Kier molecular flexibility index (Phi) is 6.57. The van der Waals surface area contributed by atoms with Crippen molar-refractivity contribution in [3.63, 3.8) is 0 Å². The van der Waals surface area contributed by atoms with Crippen LogP contribution in [-0.2, 0) is 0 Å². The second-order valence-electron chi connectivity index (χ2n) is 13.2. The molecule has 0 saturated heterocycles. The fourth-order valence-corrected chi connectivity index (χ4v) is 11.4. The van der Waals surface area contributed by atoms with Crippen molar-refractivity contribution in [2.75, 3.05) is 0 Å². The zero-order chi connectivity index (χ0) is 33.5. The van der Waals surface area contributed by atoms with Crippen molar-refractivity contribution in [1.29, 1.82) is 0 Å². The van der Waals surface area contributed by atoms with E-state index in [1.54, 1.807) is 0 Å². The minimum absolute atomic E-state index is 1.24. The number of thiophene rings is 3. The van der Waals surface area contributed by atoms with E-state index in [1.807, 2.05) is 34.0 Å². The number of benzene rings is 8. The maximum Gasteiger partial charge on any atom is 0.0433 e. The van der Waals surface area contributed by atoms with Crippen molar-refractivity contribution in [2.24, 2.45) is 0 Å². The molecule has 0 radical (unpaired) electrons. The van der Waals surface area contributed by atoms with Crippen LogP contribution in [0.4, 0.5) is 0 Å². The fraction of sp³-hybridized carbons (Fsp3) is 0. The molecule has 0 bridgehead atoms. The molecule has 238 valence electrons. The van der Waals surface area contributed by atoms with Gasteiger partial charge >= 0.3 is 0 Å². The van der Waals surface area contributed by atoms with Crippen molar-refractivity contribution in [3.8, 4) is 44.5 Å². The molecule has 0 aliphatic heterocycles. The summed E-state index contributed by atoms with van der Waals surface area (Å²) in [6, 6.07) is 63.0. The van der Waals surface area contributed by atoms with Crippen molar-refractivity contribution in [1.82, 2.24) is 0 Å². The molecule has 51 heavy (non-hydrogen) atoms. The zero-order valence-electron chi connectivity index (χ0n) is 27.4. The Balaban J connectivity index is 0.902. The van der Waals surface area contributed by atoms with Crippen LogP contribution in [0.15, 0.2) is 170 Å². The van der Waals surface area contributed by atoms with E-state index in [-0.39, 0.29) is 0 Å². The molecular formula is C48H28S3. The predicted octanol–water partition coefficient (Wildman–Crippen LogP) is 15.5. The Morgan fingerprint density at radius 2 is 0.608 bits per heavy atom. The van der Waals surface area contributed by atoms with Crippen LogP contribution in [0.5, 0.6) is 0 Å². The van der Waals surface area contributed by atoms with Gasteiger partial charge in [-0.25, -0.2) is 0 Å². The normalized spacial score (nSPS) is 11.9. The van der Waals surface area contributed by atoms with Gasteiger partial charge in [-0.15, -0.1) is 34.0 Å². The SMILES string of the molecule is c1ccc2c(c1)sc1c(-c3ccc(-c4ccc5c(c4)sc4cc(-c6ccc(-c7cccc8c7sc7ccccc78)cc6)ccc45)cc3)cccc12. The summed E-state index contributed by atoms with van der Waals surface area (Å²) in [5.41, 5.74) is 10.1. The summed E-state index contributed by atoms with van der Waals surface area (Å²) in [4.78, 5) is 0. The van der Waals surface area contributed by atoms with Crippen LogP contribution in [-0.4, -0.2) is 0 Å². The van der Waals surface area contributed by atoms with E-state index >= 15 is 0 Å². The van der Waals surface area contributed by atoms with Crippen molar-refractivity contribution in [2.45, 2.75) is 0 Å². The molecule has 0 saturated carbocycles. The molecule has 0 nitrogen and oxygen atoms in total. The van der Waals surface area contributed by atoms with Crippen LogP contribution < -0.4 is 0 Å². The monoisotopic (exact) mass is 700 g/mol. The molecule has 0 amide bonds. The number of fused-ring (bicyclic) bond motifs is 9. The first-order valence-corrected chi connectivity index (χ1v) is 19.7. The van der Waals surface area contributed by atoms with Gasteiger partial charge in [0.1, 0.15) is 0 Å². The lowest BCUT2D eigenvalue weighted by Crippen LogP contribution is -1.81. The number of hydrogen-bond donors (Lipinski definition) is 0. The topological polar surface area (TPSA) is 0 Å². The molecule has 3 heterocycles. The molecular weight excluding hydrogens is 673 g/mol. The predicted molar refractivity (Wildman–Crippen MR) is 227 cm³/mol. The van der Waals surface area contributed by atoms with E-state index in [9.17, 15) is 0 Å². The zero-order valence-corrected chi connectivity index (χ0v) is 29.8. The summed E-state index contributed by atoms with van der Waals surface area (Å²) in [5.74, 6) is 0. The van der Waals surface area contributed by atoms with Crippen molar-refractivity contribution >= 4 is 94.5 Å². The highest BCUT2D eigenvalue weighted by Gasteiger charge is 2.13. The van der Waals surface area contributed by atoms with Gasteiger partial charge in [-0.2, -0.15) is 0 Å². The van der Waals surface area contributed by atoms with Crippen molar-refractivity contribution in [3.05, 3.63) is 170 Å². The first kappa shape index (κ1) is 29.2. The van der Waals surface area contributed by atoms with E-state index in [0.717, 1.165) is 0 Å². The maximum absolute atomic E-state index is 2.37. The molecule has 0 aliphatic rings. The molecule has 0 fully saturated rings. The quantitative estimate of drug-likeness (QED) is 0.171. The van der Waals surface area contributed by atoms with Gasteiger partial charge in [0.15, 0.2) is 0 Å². The third-order valence-corrected chi connectivity index (χ3v) is 13.9. The fourth-order valence-electron chi connectivity index (χ4n) is 7.77. The highest BCUT2D eigenvalue weighted by atomic mass is 32.1. The lowest BCUT2D eigenvalue weighted by molar-refractivity contribution is 1.63. The molecule has 3 heteroatoms. The molecule has 11 aromatic rings. The van der Waals surface area contributed by atoms with Crippen LogP contribution in [0.25, 0.3) is 105 Å². The number of hydrogen-bond acceptors (Lipinski definition) is 3. The molecule has 0 N–H and O–H groups in total. The molecule has 0 spiro atoms. The Hall–Kier alpha value is -5.58. The standard InChI is InChI=1S/C48H28S3/c1-3-13-43-37(7-1)41-11-5-9-35(47(41)50-43)31-19-15-29(16-20-31)33-23-25-39-40-26-24-34(28-46(40)49-45(39)27-33)30-17-21-32(22-18-30)36-10-6-12-42-38-8-2-4-14-44(38)51-48(36)42/h1-28H. The third kappa shape index (κ3) is 4.70. The minimum Gasteiger partial charge on any atom is -0.135 e. The van der Waals surface area contributed by atoms with Crippen LogP contribution in [0.1, 0.15) is 0 Å². The molecule has 0 aliphatic carbocycles. The van der Waals surface area contributed by atoms with Gasteiger partial charge < -0.3 is 0 Å². The van der Waals surface area contributed by atoms with Crippen LogP contribution in [0.2, 0.25) is 0 Å². The minimum atomic E-state index is 1.24. The van der Waals surface area contributed by atoms with Gasteiger partial charge in [0.25, 0.3) is 0 Å². The highest BCUT2D eigenvalue weighted by Crippen LogP contribution is 2.43. The van der Waals surface area contributed by atoms with E-state index in [0.29, 0.717) is 0 Å². The Morgan fingerprint density at radius 1 is 0.235 bits per heavy atom. The summed E-state index contributed by atoms with van der Waals surface area (Å²) in [6.07, 6.45) is 0. The second-order valence-corrected chi connectivity index (χ2v) is 16.4. The van der Waals surface area contributed by atoms with Crippen LogP contribution >= 0.6 is 34.0 Å². The molecule has 8 aromatic carbocycles. The Labute approximate surface area is 307 Å². The summed E-state index contributed by atoms with van der Waals surface area (Å²) in [6.45, 7) is 0. The molecule has 0 atom stereocenters. The highest BCUT2D eigenvalue weighted by molar-refractivity contribution is 7.27. The lowest BCUT2D eigenvalue weighted by Gasteiger charge is -2.07. The smallest absolute Gasteiger partial charge is 0.0433 e. The van der Waals surface area contributed by atoms with Gasteiger partial charge in [0, 0.05) is 60.5 Å². The lowest BCUT2D eigenvalue weighted by atomic mass is 9.97. The number of rotatable bonds is 4. The molecule has 0 unspecified atom stereocenters. The van der Waals surface area contributed by atoms with Crippen LogP contribution in [0, 0.1) is 0 Å². The van der Waals surface area contributed by atoms with E-state index < -0.39 is 0 Å². The maximum atomic E-state index is 2.37. The molecule has 11 rings (SSSR count). The average molecular weight is 701 g/mol. The first-order chi connectivity index (χ1) is 25.2. The summed E-state index contributed by atoms with van der Waals surface area (Å²) in [7, 11) is 0. The second kappa shape index (κ2) is 11.5. The van der Waals surface area contributed by atoms with E-state index in [4.69, 9.17) is 0 Å². The van der Waals surface area contributed by atoms with Gasteiger partial charge in [-0.3, -0.25) is 0 Å². The third-order valence-electron chi connectivity index (χ3n) is 10.3. The van der Waals surface area contributed by atoms with Gasteiger partial charge in [-0.1, -0.05) is 146 Å². The first-order valence-electron chi connectivity index (χ1n) is 17.2. The van der Waals surface area contributed by atoms with Gasteiger partial charge in [0.2, 0.25) is 0 Å². The Bertz CT molecular complexity index is 2900. The molecule has 3 aromatic heterocycles. The van der Waals surface area contributed by atoms with Crippen LogP contribution in [0.3, 0.4) is 0 Å². The van der Waals surface area contributed by atoms with E-state index in [2.05, 4.69) is 170 Å². The van der Waals surface area contributed by atoms with Crippen molar-refractivity contribution < 1.29 is 0 Å². The van der Waals surface area contributed by atoms with E-state index in [1.165, 1.54) is 105 Å².